The molecular weight excluding hydrogens is 426 g/mol. The summed E-state index contributed by atoms with van der Waals surface area (Å²) in [6.45, 7) is 0.888. The highest BCUT2D eigenvalue weighted by Crippen LogP contribution is 2.38. The third-order valence-corrected chi connectivity index (χ3v) is 7.39. The van der Waals surface area contributed by atoms with E-state index in [1.165, 1.54) is 35.4 Å². The van der Waals surface area contributed by atoms with Gasteiger partial charge < -0.3 is 10.6 Å². The molecule has 11 heteroatoms. The minimum atomic E-state index is -3.52. The number of thiophene rings is 1. The number of nitrogens with zero attached hydrogens (tertiary/aromatic N) is 3. The van der Waals surface area contributed by atoms with Crippen molar-refractivity contribution in [3.8, 4) is 0 Å². The molecular formula is C19H21N5O4S2. The molecule has 3 aromatic rings. The van der Waals surface area contributed by atoms with Crippen LogP contribution in [0.4, 0.5) is 17.2 Å². The van der Waals surface area contributed by atoms with E-state index in [2.05, 4.69) is 20.6 Å². The molecule has 158 valence electrons. The van der Waals surface area contributed by atoms with Gasteiger partial charge >= 0.3 is 0 Å². The van der Waals surface area contributed by atoms with Crippen molar-refractivity contribution >= 4 is 48.6 Å². The lowest BCUT2D eigenvalue weighted by atomic mass is 9.97. The van der Waals surface area contributed by atoms with Crippen LogP contribution in [0, 0.1) is 10.1 Å². The Hall–Kier alpha value is -2.79. The highest BCUT2D eigenvalue weighted by atomic mass is 32.2. The lowest BCUT2D eigenvalue weighted by Gasteiger charge is -2.13. The molecule has 0 radical (unpaired) electrons. The largest absolute Gasteiger partial charge is 0.378 e. The Kier molecular flexibility index (Phi) is 5.56. The smallest absolute Gasteiger partial charge is 0.293 e. The van der Waals surface area contributed by atoms with Crippen molar-refractivity contribution in [2.75, 3.05) is 30.0 Å². The van der Waals surface area contributed by atoms with E-state index in [1.807, 2.05) is 0 Å². The van der Waals surface area contributed by atoms with Crippen LogP contribution in [0.3, 0.4) is 0 Å². The normalized spacial score (nSPS) is 13.8. The number of hydrogen-bond acceptors (Lipinski definition) is 9. The number of nitro groups is 1. The number of aryl methyl sites for hydroxylation is 2. The summed E-state index contributed by atoms with van der Waals surface area (Å²) in [6, 6.07) is 3.87. The SMILES string of the molecule is CS(=O)(=O)c1ccc(NCCNc2ncnc3sc4c(c23)CCCC4)c([N+](=O)[O-])c1. The maximum absolute atomic E-state index is 11.7. The summed E-state index contributed by atoms with van der Waals surface area (Å²) >= 11 is 1.73. The third-order valence-electron chi connectivity index (χ3n) is 5.08. The van der Waals surface area contributed by atoms with Crippen LogP contribution in [0.15, 0.2) is 29.4 Å². The Morgan fingerprint density at radius 3 is 2.70 bits per heavy atom. The molecule has 0 spiro atoms. The summed E-state index contributed by atoms with van der Waals surface area (Å²) in [7, 11) is -3.52. The minimum Gasteiger partial charge on any atom is -0.378 e. The van der Waals surface area contributed by atoms with Crippen LogP contribution in [0.5, 0.6) is 0 Å². The first-order valence-corrected chi connectivity index (χ1v) is 12.3. The molecule has 0 fully saturated rings. The number of anilines is 2. The average Bonchev–Trinajstić information content (AvgIpc) is 3.09. The highest BCUT2D eigenvalue weighted by Gasteiger charge is 2.20. The second-order valence-corrected chi connectivity index (χ2v) is 10.3. The van der Waals surface area contributed by atoms with Crippen molar-refractivity contribution < 1.29 is 13.3 Å². The van der Waals surface area contributed by atoms with Gasteiger partial charge in [-0.05, 0) is 43.4 Å². The Morgan fingerprint density at radius 1 is 1.17 bits per heavy atom. The van der Waals surface area contributed by atoms with Gasteiger partial charge in [0.15, 0.2) is 9.84 Å². The molecule has 2 N–H and O–H groups in total. The van der Waals surface area contributed by atoms with Crippen LogP contribution in [0.1, 0.15) is 23.3 Å². The van der Waals surface area contributed by atoms with E-state index in [9.17, 15) is 18.5 Å². The first-order chi connectivity index (χ1) is 14.3. The summed E-state index contributed by atoms with van der Waals surface area (Å²) < 4.78 is 23.3. The van der Waals surface area contributed by atoms with E-state index in [4.69, 9.17) is 0 Å². The van der Waals surface area contributed by atoms with E-state index in [0.717, 1.165) is 41.2 Å². The number of nitro benzene ring substituents is 1. The van der Waals surface area contributed by atoms with Crippen molar-refractivity contribution in [1.29, 1.82) is 0 Å². The first kappa shape index (κ1) is 20.5. The fourth-order valence-corrected chi connectivity index (χ4v) is 5.51. The average molecular weight is 448 g/mol. The second kappa shape index (κ2) is 8.15. The monoisotopic (exact) mass is 447 g/mol. The maximum atomic E-state index is 11.7. The van der Waals surface area contributed by atoms with Gasteiger partial charge in [0.2, 0.25) is 0 Å². The number of aromatic nitrogens is 2. The van der Waals surface area contributed by atoms with Gasteiger partial charge in [-0.1, -0.05) is 0 Å². The van der Waals surface area contributed by atoms with E-state index >= 15 is 0 Å². The fraction of sp³-hybridized carbons (Fsp3) is 0.368. The molecule has 0 amide bonds. The molecule has 0 saturated heterocycles. The van der Waals surface area contributed by atoms with Gasteiger partial charge in [-0.25, -0.2) is 18.4 Å². The summed E-state index contributed by atoms with van der Waals surface area (Å²) in [5.74, 6) is 0.781. The lowest BCUT2D eigenvalue weighted by molar-refractivity contribution is -0.384. The topological polar surface area (TPSA) is 127 Å². The molecule has 1 aromatic carbocycles. The predicted octanol–water partition coefficient (Wildman–Crippen LogP) is 3.41. The number of nitrogens with one attached hydrogen (secondary N) is 2. The molecule has 0 bridgehead atoms. The lowest BCUT2D eigenvalue weighted by Crippen LogP contribution is -2.15. The molecule has 1 aliphatic rings. The zero-order chi connectivity index (χ0) is 21.3. The Bertz CT molecular complexity index is 1220. The van der Waals surface area contributed by atoms with Crippen molar-refractivity contribution in [2.45, 2.75) is 30.6 Å². The van der Waals surface area contributed by atoms with Crippen LogP contribution in [-0.2, 0) is 22.7 Å². The van der Waals surface area contributed by atoms with Gasteiger partial charge in [0, 0.05) is 30.3 Å². The molecule has 2 heterocycles. The molecule has 9 nitrogen and oxygen atoms in total. The maximum Gasteiger partial charge on any atom is 0.293 e. The van der Waals surface area contributed by atoms with Crippen molar-refractivity contribution in [1.82, 2.24) is 9.97 Å². The number of fused-ring (bicyclic) bond motifs is 3. The molecule has 2 aromatic heterocycles. The van der Waals surface area contributed by atoms with Gasteiger partial charge in [-0.2, -0.15) is 0 Å². The summed E-state index contributed by atoms with van der Waals surface area (Å²) in [4.78, 5) is 21.9. The van der Waals surface area contributed by atoms with Gasteiger partial charge in [-0.3, -0.25) is 10.1 Å². The van der Waals surface area contributed by atoms with Crippen LogP contribution in [-0.4, -0.2) is 42.7 Å². The molecule has 4 rings (SSSR count). The number of rotatable bonds is 7. The zero-order valence-electron chi connectivity index (χ0n) is 16.3. The highest BCUT2D eigenvalue weighted by molar-refractivity contribution is 7.90. The van der Waals surface area contributed by atoms with Gasteiger partial charge in [0.1, 0.15) is 22.7 Å². The van der Waals surface area contributed by atoms with Gasteiger partial charge in [-0.15, -0.1) is 11.3 Å². The zero-order valence-corrected chi connectivity index (χ0v) is 18.0. The molecule has 0 unspecified atom stereocenters. The van der Waals surface area contributed by atoms with Gasteiger partial charge in [0.05, 0.1) is 15.2 Å². The predicted molar refractivity (Wildman–Crippen MR) is 117 cm³/mol. The van der Waals surface area contributed by atoms with Crippen LogP contribution < -0.4 is 10.6 Å². The molecule has 30 heavy (non-hydrogen) atoms. The van der Waals surface area contributed by atoms with E-state index < -0.39 is 14.8 Å². The van der Waals surface area contributed by atoms with Crippen molar-refractivity contribution in [3.63, 3.8) is 0 Å². The van der Waals surface area contributed by atoms with E-state index in [1.54, 1.807) is 17.7 Å². The third kappa shape index (κ3) is 4.08. The quantitative estimate of drug-likeness (QED) is 0.320. The van der Waals surface area contributed by atoms with E-state index in [-0.39, 0.29) is 16.3 Å². The van der Waals surface area contributed by atoms with Crippen LogP contribution in [0.25, 0.3) is 10.2 Å². The Labute approximate surface area is 177 Å². The van der Waals surface area contributed by atoms with Gasteiger partial charge in [0.25, 0.3) is 5.69 Å². The van der Waals surface area contributed by atoms with E-state index in [0.29, 0.717) is 13.1 Å². The number of sulfone groups is 1. The first-order valence-electron chi connectivity index (χ1n) is 9.56. The Balaban J connectivity index is 1.47. The summed E-state index contributed by atoms with van der Waals surface area (Å²) in [6.07, 6.45) is 7.07. The number of hydrogen-bond donors (Lipinski definition) is 2. The molecule has 1 aliphatic carbocycles. The summed E-state index contributed by atoms with van der Waals surface area (Å²) in [5.41, 5.74) is 1.34. The minimum absolute atomic E-state index is 0.0801. The molecule has 0 aliphatic heterocycles. The standard InChI is InChI=1S/C19H21N5O4S2/c1-30(27,28)12-6-7-14(15(10-12)24(25)26)20-8-9-21-18-17-13-4-2-3-5-16(13)29-19(17)23-11-22-18/h6-7,10-11,20H,2-5,8-9H2,1H3,(H,21,22,23). The fourth-order valence-electron chi connectivity index (χ4n) is 3.64. The van der Waals surface area contributed by atoms with Crippen LogP contribution >= 0.6 is 11.3 Å². The Morgan fingerprint density at radius 2 is 1.93 bits per heavy atom. The molecule has 0 atom stereocenters. The second-order valence-electron chi connectivity index (χ2n) is 7.18. The molecule has 0 saturated carbocycles. The van der Waals surface area contributed by atoms with Crippen molar-refractivity contribution in [2.24, 2.45) is 0 Å². The van der Waals surface area contributed by atoms with Crippen molar-refractivity contribution in [3.05, 3.63) is 45.1 Å². The van der Waals surface area contributed by atoms with Crippen LogP contribution in [0.2, 0.25) is 0 Å². The number of benzene rings is 1. The summed E-state index contributed by atoms with van der Waals surface area (Å²) in [5, 5.41) is 18.7.